The number of nitrogens with one attached hydrogen (secondary N) is 1. The number of aromatic nitrogens is 2. The van der Waals surface area contributed by atoms with Crippen molar-refractivity contribution in [1.29, 1.82) is 0 Å². The van der Waals surface area contributed by atoms with Crippen molar-refractivity contribution in [2.45, 2.75) is 29.6 Å². The zero-order valence-corrected chi connectivity index (χ0v) is 21.1. The van der Waals surface area contributed by atoms with E-state index in [1.807, 2.05) is 5.10 Å². The molecule has 5 rings (SSSR count). The van der Waals surface area contributed by atoms with Gasteiger partial charge in [0.25, 0.3) is 0 Å². The molecule has 2 aliphatic rings. The maximum Gasteiger partial charge on any atom is 0.434 e. The zero-order chi connectivity index (χ0) is 29.0. The number of hydrogen-bond acceptors (Lipinski definition) is 6. The first-order chi connectivity index (χ1) is 18.6. The van der Waals surface area contributed by atoms with Crippen molar-refractivity contribution >= 4 is 15.9 Å². The van der Waals surface area contributed by atoms with E-state index in [9.17, 15) is 44.3 Å². The predicted molar refractivity (Wildman–Crippen MR) is 125 cm³/mol. The van der Waals surface area contributed by atoms with E-state index in [0.717, 1.165) is 22.5 Å². The molecule has 9 nitrogen and oxygen atoms in total. The zero-order valence-electron chi connectivity index (χ0n) is 20.3. The van der Waals surface area contributed by atoms with Crippen LogP contribution in [-0.2, 0) is 27.2 Å². The summed E-state index contributed by atoms with van der Waals surface area (Å²) in [4.78, 5) is 25.0. The maximum atomic E-state index is 13.5. The van der Waals surface area contributed by atoms with Crippen molar-refractivity contribution in [1.82, 2.24) is 19.4 Å². The van der Waals surface area contributed by atoms with Crippen LogP contribution in [0.5, 0.6) is 0 Å². The summed E-state index contributed by atoms with van der Waals surface area (Å²) in [6.45, 7) is -0.410. The van der Waals surface area contributed by atoms with Gasteiger partial charge < -0.3 is 9.32 Å². The average molecular weight is 591 g/mol. The molecule has 2 atom stereocenters. The highest BCUT2D eigenvalue weighted by molar-refractivity contribution is 7.89. The molecule has 16 heteroatoms. The first-order valence-corrected chi connectivity index (χ1v) is 13.3. The van der Waals surface area contributed by atoms with Gasteiger partial charge in [-0.2, -0.15) is 30.6 Å². The molecule has 2 heterocycles. The van der Waals surface area contributed by atoms with E-state index in [-0.39, 0.29) is 43.6 Å². The van der Waals surface area contributed by atoms with E-state index in [1.54, 1.807) is 0 Å². The fraction of sp³-hybridized carbons (Fsp3) is 0.375. The minimum Gasteiger partial charge on any atom is -0.388 e. The van der Waals surface area contributed by atoms with Crippen molar-refractivity contribution in [2.24, 2.45) is 5.92 Å². The van der Waals surface area contributed by atoms with Gasteiger partial charge in [-0.15, -0.1) is 5.10 Å². The highest BCUT2D eigenvalue weighted by Gasteiger charge is 2.47. The van der Waals surface area contributed by atoms with Gasteiger partial charge in [-0.1, -0.05) is 12.1 Å². The highest BCUT2D eigenvalue weighted by Crippen LogP contribution is 2.49. The number of H-pyrrole nitrogens is 1. The lowest BCUT2D eigenvalue weighted by Gasteiger charge is -2.34. The molecule has 0 bridgehead atoms. The van der Waals surface area contributed by atoms with Crippen LogP contribution < -0.4 is 5.76 Å². The normalized spacial score (nSPS) is 20.5. The molecule has 1 saturated carbocycles. The van der Waals surface area contributed by atoms with Gasteiger partial charge in [-0.3, -0.25) is 4.79 Å². The van der Waals surface area contributed by atoms with Crippen LogP contribution in [0.2, 0.25) is 0 Å². The van der Waals surface area contributed by atoms with E-state index in [0.29, 0.717) is 24.1 Å². The average Bonchev–Trinajstić information content (AvgIpc) is 3.59. The fourth-order valence-electron chi connectivity index (χ4n) is 4.68. The molecule has 1 N–H and O–H groups in total. The Bertz CT molecular complexity index is 1590. The number of carbonyl (C=O) groups excluding carboxylic acids is 1. The molecule has 3 aromatic rings. The quantitative estimate of drug-likeness (QED) is 0.453. The van der Waals surface area contributed by atoms with E-state index in [2.05, 4.69) is 9.52 Å². The number of benzene rings is 2. The molecule has 1 saturated heterocycles. The minimum atomic E-state index is -4.91. The Kier molecular flexibility index (Phi) is 6.81. The van der Waals surface area contributed by atoms with Crippen LogP contribution >= 0.6 is 0 Å². The summed E-state index contributed by atoms with van der Waals surface area (Å²) in [5, 5.41) is 5.37. The van der Waals surface area contributed by atoms with E-state index >= 15 is 0 Å². The third kappa shape index (κ3) is 5.50. The van der Waals surface area contributed by atoms with Gasteiger partial charge in [0, 0.05) is 37.7 Å². The van der Waals surface area contributed by atoms with Crippen molar-refractivity contribution in [3.8, 4) is 11.5 Å². The number of nitrogens with zero attached hydrogens (tertiary/aromatic N) is 3. The third-order valence-electron chi connectivity index (χ3n) is 6.88. The standard InChI is InChI=1S/C24H20F6N4O5S/c25-23(26,27)15-3-1-13(2-4-15)18-12-19(18)21(35)33-5-7-34(8-6-33)40(37,38)17-10-14(20-31-32-22(36)39-20)9-16(11-17)24(28,29)30/h1-4,9-11,18-19H,5-8,12H2,(H,32,36)/t18-,19+/m0/s1. The van der Waals surface area contributed by atoms with Crippen LogP contribution in [0.25, 0.3) is 11.5 Å². The molecular weight excluding hydrogens is 570 g/mol. The lowest BCUT2D eigenvalue weighted by Crippen LogP contribution is -2.51. The molecular formula is C24H20F6N4O5S. The summed E-state index contributed by atoms with van der Waals surface area (Å²) in [6.07, 6.45) is -8.93. The van der Waals surface area contributed by atoms with E-state index < -0.39 is 56.0 Å². The Morgan fingerprint density at radius 2 is 1.55 bits per heavy atom. The summed E-state index contributed by atoms with van der Waals surface area (Å²) in [6, 6.07) is 6.58. The second-order valence-corrected chi connectivity index (χ2v) is 11.4. The first kappa shape index (κ1) is 27.9. The van der Waals surface area contributed by atoms with Gasteiger partial charge in [-0.25, -0.2) is 18.3 Å². The molecule has 1 aliphatic heterocycles. The Morgan fingerprint density at radius 3 is 2.10 bits per heavy atom. The number of aromatic amines is 1. The van der Waals surface area contributed by atoms with Gasteiger partial charge in [0.15, 0.2) is 0 Å². The van der Waals surface area contributed by atoms with Crippen molar-refractivity contribution in [2.75, 3.05) is 26.2 Å². The fourth-order valence-corrected chi connectivity index (χ4v) is 6.17. The van der Waals surface area contributed by atoms with Crippen molar-refractivity contribution in [3.05, 3.63) is 69.7 Å². The number of piperazine rings is 1. The number of sulfonamides is 1. The summed E-state index contributed by atoms with van der Waals surface area (Å²) in [5.41, 5.74) is -1.85. The summed E-state index contributed by atoms with van der Waals surface area (Å²) in [5.74, 6) is -2.52. The van der Waals surface area contributed by atoms with Crippen LogP contribution in [0, 0.1) is 5.92 Å². The molecule has 0 spiro atoms. The van der Waals surface area contributed by atoms with Gasteiger partial charge in [0.1, 0.15) is 0 Å². The number of rotatable bonds is 5. The van der Waals surface area contributed by atoms with Crippen LogP contribution in [0.15, 0.2) is 56.6 Å². The summed E-state index contributed by atoms with van der Waals surface area (Å²) < 4.78 is 111. The Morgan fingerprint density at radius 1 is 0.925 bits per heavy atom. The SMILES string of the molecule is O=C([C@@H]1C[C@H]1c1ccc(C(F)(F)F)cc1)N1CCN(S(=O)(=O)c2cc(-c3n[nH]c(=O)o3)cc(C(F)(F)F)c2)CC1. The third-order valence-corrected chi connectivity index (χ3v) is 8.76. The van der Waals surface area contributed by atoms with Crippen LogP contribution in [0.3, 0.4) is 0 Å². The monoisotopic (exact) mass is 590 g/mol. The van der Waals surface area contributed by atoms with Gasteiger partial charge in [0.2, 0.25) is 21.8 Å². The molecule has 2 aromatic carbocycles. The largest absolute Gasteiger partial charge is 0.434 e. The van der Waals surface area contributed by atoms with Crippen molar-refractivity contribution < 1.29 is 44.0 Å². The molecule has 0 radical (unpaired) electrons. The summed E-state index contributed by atoms with van der Waals surface area (Å²) in [7, 11) is -4.45. The van der Waals surface area contributed by atoms with Crippen LogP contribution in [0.1, 0.15) is 29.0 Å². The predicted octanol–water partition coefficient (Wildman–Crippen LogP) is 3.70. The lowest BCUT2D eigenvalue weighted by atomic mass is 10.1. The van der Waals surface area contributed by atoms with Gasteiger partial charge >= 0.3 is 18.1 Å². The minimum absolute atomic E-state index is 0.0195. The molecule has 214 valence electrons. The Balaban J connectivity index is 1.28. The number of halogens is 6. The molecule has 1 amide bonds. The second kappa shape index (κ2) is 9.76. The van der Waals surface area contributed by atoms with Crippen molar-refractivity contribution in [3.63, 3.8) is 0 Å². The number of carbonyl (C=O) groups is 1. The molecule has 40 heavy (non-hydrogen) atoms. The second-order valence-electron chi connectivity index (χ2n) is 9.46. The number of alkyl halides is 6. The van der Waals surface area contributed by atoms with E-state index in [4.69, 9.17) is 0 Å². The highest BCUT2D eigenvalue weighted by atomic mass is 32.2. The van der Waals surface area contributed by atoms with Crippen LogP contribution in [-0.4, -0.2) is 59.9 Å². The Hall–Kier alpha value is -3.66. The maximum absolute atomic E-state index is 13.5. The summed E-state index contributed by atoms with van der Waals surface area (Å²) >= 11 is 0. The molecule has 1 aromatic heterocycles. The molecule has 2 fully saturated rings. The smallest absolute Gasteiger partial charge is 0.388 e. The number of hydrogen-bond donors (Lipinski definition) is 1. The topological polar surface area (TPSA) is 117 Å². The Labute approximate surface area is 222 Å². The molecule has 1 aliphatic carbocycles. The lowest BCUT2D eigenvalue weighted by molar-refractivity contribution is -0.138. The van der Waals surface area contributed by atoms with Gasteiger partial charge in [-0.05, 0) is 48.2 Å². The first-order valence-electron chi connectivity index (χ1n) is 11.9. The van der Waals surface area contributed by atoms with Crippen LogP contribution in [0.4, 0.5) is 26.3 Å². The molecule has 0 unspecified atom stereocenters. The van der Waals surface area contributed by atoms with Gasteiger partial charge in [0.05, 0.1) is 16.0 Å². The van der Waals surface area contributed by atoms with E-state index in [1.165, 1.54) is 17.0 Å². The number of amides is 1.